The fourth-order valence-corrected chi connectivity index (χ4v) is 1.85. The lowest BCUT2D eigenvalue weighted by Gasteiger charge is -2.23. The van der Waals surface area contributed by atoms with Gasteiger partial charge in [0.05, 0.1) is 18.2 Å². The van der Waals surface area contributed by atoms with Crippen molar-refractivity contribution in [2.24, 2.45) is 5.92 Å². The van der Waals surface area contributed by atoms with Crippen LogP contribution >= 0.6 is 0 Å². The van der Waals surface area contributed by atoms with Crippen LogP contribution in [0.3, 0.4) is 0 Å². The van der Waals surface area contributed by atoms with E-state index in [9.17, 15) is 4.79 Å². The average molecular weight is 266 g/mol. The standard InChI is InChI=1S/C14H22N2O3/c1-8(2)12(7-19-4)16-10-5-9(3)13(15)11(6-10)14(17)18/h5-6,8,12,16H,7,15H2,1-4H3,(H,17,18). The molecule has 1 unspecified atom stereocenters. The van der Waals surface area contributed by atoms with E-state index in [0.29, 0.717) is 18.2 Å². The third-order valence-corrected chi connectivity index (χ3v) is 3.12. The number of rotatable bonds is 6. The summed E-state index contributed by atoms with van der Waals surface area (Å²) in [7, 11) is 1.65. The van der Waals surface area contributed by atoms with E-state index >= 15 is 0 Å². The minimum absolute atomic E-state index is 0.120. The number of hydrogen-bond acceptors (Lipinski definition) is 4. The van der Waals surface area contributed by atoms with Gasteiger partial charge in [0.2, 0.25) is 0 Å². The van der Waals surface area contributed by atoms with Crippen LogP contribution in [0.5, 0.6) is 0 Å². The lowest BCUT2D eigenvalue weighted by Crippen LogP contribution is -2.30. The molecule has 5 heteroatoms. The van der Waals surface area contributed by atoms with Crippen molar-refractivity contribution in [1.82, 2.24) is 0 Å². The molecule has 0 aliphatic carbocycles. The molecular formula is C14H22N2O3. The first-order valence-corrected chi connectivity index (χ1v) is 6.25. The number of carboxylic acid groups (broad SMARTS) is 1. The fraction of sp³-hybridized carbons (Fsp3) is 0.500. The number of carbonyl (C=O) groups is 1. The second kappa shape index (κ2) is 6.43. The molecule has 106 valence electrons. The third kappa shape index (κ3) is 3.86. The maximum absolute atomic E-state index is 11.1. The lowest BCUT2D eigenvalue weighted by atomic mass is 10.0. The Morgan fingerprint density at radius 1 is 1.47 bits per heavy atom. The molecule has 19 heavy (non-hydrogen) atoms. The minimum Gasteiger partial charge on any atom is -0.478 e. The van der Waals surface area contributed by atoms with Gasteiger partial charge >= 0.3 is 5.97 Å². The largest absolute Gasteiger partial charge is 0.478 e. The molecule has 0 amide bonds. The number of hydrogen-bond donors (Lipinski definition) is 3. The highest BCUT2D eigenvalue weighted by molar-refractivity contribution is 5.95. The van der Waals surface area contributed by atoms with E-state index in [1.165, 1.54) is 0 Å². The first-order chi connectivity index (χ1) is 8.86. The van der Waals surface area contributed by atoms with Crippen LogP contribution < -0.4 is 11.1 Å². The Morgan fingerprint density at radius 2 is 2.11 bits per heavy atom. The Hall–Kier alpha value is -1.75. The smallest absolute Gasteiger partial charge is 0.337 e. The molecule has 0 saturated heterocycles. The van der Waals surface area contributed by atoms with Crippen molar-refractivity contribution in [3.8, 4) is 0 Å². The number of anilines is 2. The van der Waals surface area contributed by atoms with Crippen molar-refractivity contribution in [3.05, 3.63) is 23.3 Å². The molecule has 0 aliphatic rings. The first-order valence-electron chi connectivity index (χ1n) is 6.25. The molecule has 0 spiro atoms. The summed E-state index contributed by atoms with van der Waals surface area (Å²) in [5, 5.41) is 12.4. The Kier molecular flexibility index (Phi) is 5.18. The van der Waals surface area contributed by atoms with Gasteiger partial charge in [0.15, 0.2) is 0 Å². The molecule has 0 fully saturated rings. The summed E-state index contributed by atoms with van der Waals surface area (Å²) >= 11 is 0. The van der Waals surface area contributed by atoms with Crippen molar-refractivity contribution in [3.63, 3.8) is 0 Å². The van der Waals surface area contributed by atoms with Crippen molar-refractivity contribution in [2.45, 2.75) is 26.8 Å². The van der Waals surface area contributed by atoms with Gasteiger partial charge < -0.3 is 20.9 Å². The monoisotopic (exact) mass is 266 g/mol. The van der Waals surface area contributed by atoms with Crippen molar-refractivity contribution >= 4 is 17.3 Å². The van der Waals surface area contributed by atoms with Crippen molar-refractivity contribution in [1.29, 1.82) is 0 Å². The molecule has 1 rings (SSSR count). The number of aromatic carboxylic acids is 1. The number of benzene rings is 1. The fourth-order valence-electron chi connectivity index (χ4n) is 1.85. The van der Waals surface area contributed by atoms with Gasteiger partial charge in [-0.15, -0.1) is 0 Å². The van der Waals surface area contributed by atoms with Crippen LogP contribution in [0.2, 0.25) is 0 Å². The van der Waals surface area contributed by atoms with E-state index in [1.54, 1.807) is 20.1 Å². The van der Waals surface area contributed by atoms with Gasteiger partial charge in [-0.05, 0) is 30.5 Å². The highest BCUT2D eigenvalue weighted by Gasteiger charge is 2.16. The van der Waals surface area contributed by atoms with E-state index in [1.807, 2.05) is 6.07 Å². The summed E-state index contributed by atoms with van der Waals surface area (Å²) in [5.74, 6) is -0.650. The highest BCUT2D eigenvalue weighted by atomic mass is 16.5. The molecule has 4 N–H and O–H groups in total. The summed E-state index contributed by atoms with van der Waals surface area (Å²) in [4.78, 5) is 11.1. The van der Waals surface area contributed by atoms with E-state index in [2.05, 4.69) is 19.2 Å². The summed E-state index contributed by atoms with van der Waals surface area (Å²) in [6.07, 6.45) is 0. The lowest BCUT2D eigenvalue weighted by molar-refractivity contribution is 0.0698. The first kappa shape index (κ1) is 15.3. The summed E-state index contributed by atoms with van der Waals surface area (Å²) in [6.45, 7) is 6.52. The van der Waals surface area contributed by atoms with E-state index in [0.717, 1.165) is 11.3 Å². The second-order valence-electron chi connectivity index (χ2n) is 5.01. The molecule has 0 radical (unpaired) electrons. The van der Waals surface area contributed by atoms with Gasteiger partial charge in [-0.1, -0.05) is 13.8 Å². The summed E-state index contributed by atoms with van der Waals surface area (Å²) in [6, 6.07) is 3.54. The van der Waals surface area contributed by atoms with E-state index < -0.39 is 5.97 Å². The van der Waals surface area contributed by atoms with Gasteiger partial charge in [0.1, 0.15) is 0 Å². The summed E-state index contributed by atoms with van der Waals surface area (Å²) < 4.78 is 5.17. The number of nitrogens with one attached hydrogen (secondary N) is 1. The van der Waals surface area contributed by atoms with Crippen molar-refractivity contribution in [2.75, 3.05) is 24.8 Å². The molecule has 0 heterocycles. The van der Waals surface area contributed by atoms with E-state index in [4.69, 9.17) is 15.6 Å². The molecule has 1 aromatic carbocycles. The Balaban J connectivity index is 3.04. The van der Waals surface area contributed by atoms with Gasteiger partial charge in [0, 0.05) is 18.5 Å². The second-order valence-corrected chi connectivity index (χ2v) is 5.01. The average Bonchev–Trinajstić information content (AvgIpc) is 2.32. The molecule has 0 aromatic heterocycles. The van der Waals surface area contributed by atoms with Crippen LogP contribution in [0.4, 0.5) is 11.4 Å². The normalized spacial score (nSPS) is 12.5. The van der Waals surface area contributed by atoms with Crippen LogP contribution in [0.1, 0.15) is 29.8 Å². The number of nitrogens with two attached hydrogens (primary N) is 1. The zero-order valence-corrected chi connectivity index (χ0v) is 11.9. The number of carboxylic acids is 1. The Labute approximate surface area is 113 Å². The van der Waals surface area contributed by atoms with Crippen LogP contribution in [0.25, 0.3) is 0 Å². The molecule has 0 saturated carbocycles. The zero-order chi connectivity index (χ0) is 14.6. The molecule has 1 aromatic rings. The maximum atomic E-state index is 11.1. The predicted molar refractivity (Wildman–Crippen MR) is 76.7 cm³/mol. The van der Waals surface area contributed by atoms with E-state index in [-0.39, 0.29) is 11.6 Å². The molecule has 0 aliphatic heterocycles. The minimum atomic E-state index is -1.02. The Morgan fingerprint density at radius 3 is 2.58 bits per heavy atom. The number of ether oxygens (including phenoxy) is 1. The topological polar surface area (TPSA) is 84.6 Å². The number of methoxy groups -OCH3 is 1. The molecule has 1 atom stereocenters. The SMILES string of the molecule is COCC(Nc1cc(C)c(N)c(C(=O)O)c1)C(C)C. The molecule has 5 nitrogen and oxygen atoms in total. The van der Waals surface area contributed by atoms with Gasteiger partial charge in [0.25, 0.3) is 0 Å². The van der Waals surface area contributed by atoms with Crippen LogP contribution in [0, 0.1) is 12.8 Å². The highest BCUT2D eigenvalue weighted by Crippen LogP contribution is 2.24. The maximum Gasteiger partial charge on any atom is 0.337 e. The third-order valence-electron chi connectivity index (χ3n) is 3.12. The number of aryl methyl sites for hydroxylation is 1. The zero-order valence-electron chi connectivity index (χ0n) is 11.9. The van der Waals surface area contributed by atoms with Gasteiger partial charge in [-0.25, -0.2) is 4.79 Å². The van der Waals surface area contributed by atoms with Crippen LogP contribution in [0.15, 0.2) is 12.1 Å². The number of nitrogen functional groups attached to an aromatic ring is 1. The van der Waals surface area contributed by atoms with Crippen LogP contribution in [-0.4, -0.2) is 30.8 Å². The quantitative estimate of drug-likeness (QED) is 0.688. The van der Waals surface area contributed by atoms with Gasteiger partial charge in [-0.2, -0.15) is 0 Å². The Bertz CT molecular complexity index is 458. The van der Waals surface area contributed by atoms with Crippen molar-refractivity contribution < 1.29 is 14.6 Å². The van der Waals surface area contributed by atoms with Gasteiger partial charge in [-0.3, -0.25) is 0 Å². The van der Waals surface area contributed by atoms with Crippen LogP contribution in [-0.2, 0) is 4.74 Å². The molecular weight excluding hydrogens is 244 g/mol. The molecule has 0 bridgehead atoms. The summed E-state index contributed by atoms with van der Waals surface area (Å²) in [5.41, 5.74) is 7.71. The predicted octanol–water partition coefficient (Wildman–Crippen LogP) is 2.36.